The van der Waals surface area contributed by atoms with Gasteiger partial charge in [-0.05, 0) is 6.42 Å². The highest BCUT2D eigenvalue weighted by Crippen LogP contribution is 1.96. The molecule has 0 aromatic heterocycles. The number of carboxylic acids is 1. The molecule has 0 atom stereocenters. The van der Waals surface area contributed by atoms with Gasteiger partial charge in [0.15, 0.2) is 0 Å². The van der Waals surface area contributed by atoms with Crippen LogP contribution in [0.5, 0.6) is 0 Å². The predicted molar refractivity (Wildman–Crippen MR) is 68.3 cm³/mol. The lowest BCUT2D eigenvalue weighted by Crippen LogP contribution is -2.20. The van der Waals surface area contributed by atoms with E-state index in [1.807, 2.05) is 20.8 Å². The van der Waals surface area contributed by atoms with Gasteiger partial charge in [-0.2, -0.15) is 0 Å². The fourth-order valence-corrected chi connectivity index (χ4v) is 0.647. The molecular formula is C12H23NO5. The van der Waals surface area contributed by atoms with Crippen molar-refractivity contribution in [3.8, 4) is 0 Å². The smallest absolute Gasteiger partial charge is 0.317 e. The third-order valence-electron chi connectivity index (χ3n) is 1.51. The van der Waals surface area contributed by atoms with Crippen LogP contribution in [0.2, 0.25) is 0 Å². The van der Waals surface area contributed by atoms with Crippen LogP contribution in [-0.2, 0) is 19.2 Å². The quantitative estimate of drug-likeness (QED) is 0.543. The Balaban J connectivity index is -0.000000270. The maximum atomic E-state index is 10.8. The van der Waals surface area contributed by atoms with Crippen LogP contribution in [0.3, 0.4) is 0 Å². The second-order valence-corrected chi connectivity index (χ2v) is 3.01. The Morgan fingerprint density at radius 2 is 1.50 bits per heavy atom. The largest absolute Gasteiger partial charge is 0.480 e. The van der Waals surface area contributed by atoms with Crippen molar-refractivity contribution >= 4 is 23.3 Å². The molecule has 0 aliphatic carbocycles. The predicted octanol–water partition coefficient (Wildman–Crippen LogP) is 0.960. The monoisotopic (exact) mass is 261 g/mol. The van der Waals surface area contributed by atoms with E-state index < -0.39 is 23.3 Å². The van der Waals surface area contributed by atoms with E-state index in [9.17, 15) is 19.2 Å². The highest BCUT2D eigenvalue weighted by Gasteiger charge is 2.16. The van der Waals surface area contributed by atoms with Crippen molar-refractivity contribution in [1.82, 2.24) is 0 Å². The van der Waals surface area contributed by atoms with Crippen LogP contribution in [0.25, 0.3) is 0 Å². The van der Waals surface area contributed by atoms with Gasteiger partial charge in [-0.25, -0.2) is 0 Å². The molecule has 6 heteroatoms. The van der Waals surface area contributed by atoms with E-state index in [4.69, 9.17) is 5.11 Å². The molecule has 0 saturated heterocycles. The molecule has 0 radical (unpaired) electrons. The molecule has 0 heterocycles. The molecule has 0 bridgehead atoms. The van der Waals surface area contributed by atoms with Crippen LogP contribution in [0.15, 0.2) is 0 Å². The number of hydrogen-bond donors (Lipinski definition) is 2. The zero-order valence-electron chi connectivity index (χ0n) is 11.5. The summed E-state index contributed by atoms with van der Waals surface area (Å²) in [5, 5.41) is 7.60. The summed E-state index contributed by atoms with van der Waals surface area (Å²) in [6.07, 6.45) is 1.74. The first kappa shape index (κ1) is 21.7. The number of Topliss-reactive ketones (excluding diaryl/α,β-unsaturated/α-hetero) is 3. The second kappa shape index (κ2) is 15.4. The van der Waals surface area contributed by atoms with Crippen LogP contribution < -0.4 is 5.73 Å². The Kier molecular flexibility index (Phi) is 18.6. The number of carboxylic acid groups (broad SMARTS) is 1. The molecule has 0 aromatic carbocycles. The summed E-state index contributed by atoms with van der Waals surface area (Å²) in [7, 11) is 0. The third-order valence-corrected chi connectivity index (χ3v) is 1.51. The van der Waals surface area contributed by atoms with Crippen molar-refractivity contribution < 1.29 is 24.3 Å². The first-order valence-electron chi connectivity index (χ1n) is 5.86. The Labute approximate surface area is 108 Å². The molecule has 0 spiro atoms. The van der Waals surface area contributed by atoms with Gasteiger partial charge in [-0.15, -0.1) is 0 Å². The average molecular weight is 261 g/mol. The minimum absolute atomic E-state index is 0.203. The molecule has 0 fully saturated rings. The maximum absolute atomic E-state index is 10.8. The summed E-state index contributed by atoms with van der Waals surface area (Å²) in [6, 6.07) is 0. The summed E-state index contributed by atoms with van der Waals surface area (Å²) < 4.78 is 0. The number of carbonyl (C=O) groups excluding carboxylic acids is 3. The summed E-state index contributed by atoms with van der Waals surface area (Å²) in [5.41, 5.74) is 4.57. The molecule has 0 aliphatic heterocycles. The van der Waals surface area contributed by atoms with Crippen LogP contribution in [0.1, 0.15) is 47.0 Å². The van der Waals surface area contributed by atoms with Gasteiger partial charge in [0, 0.05) is 13.3 Å². The van der Waals surface area contributed by atoms with E-state index in [1.165, 1.54) is 0 Å². The van der Waals surface area contributed by atoms with Crippen molar-refractivity contribution in [2.75, 3.05) is 6.54 Å². The zero-order chi connectivity index (χ0) is 15.1. The number of nitrogens with two attached hydrogens (primary N) is 1. The number of carbonyl (C=O) groups is 4. The summed E-state index contributed by atoms with van der Waals surface area (Å²) in [6.45, 7) is 6.76. The van der Waals surface area contributed by atoms with Gasteiger partial charge in [0.1, 0.15) is 0 Å². The highest BCUT2D eigenvalue weighted by molar-refractivity contribution is 6.63. The van der Waals surface area contributed by atoms with E-state index in [1.54, 1.807) is 0 Å². The van der Waals surface area contributed by atoms with Gasteiger partial charge in [0.2, 0.25) is 11.6 Å². The Bertz CT molecular complexity index is 274. The standard InChI is InChI=1S/C8H12O3.C2H5NO2.C2H6/c1-3-4-5-7(10)8(11)6(2)9;3-1-2(4)5;1-2/h3-5H2,1-2H3;1,3H2,(H,4,5);1-2H3. The number of hydrogen-bond acceptors (Lipinski definition) is 5. The fraction of sp³-hybridized carbons (Fsp3) is 0.667. The number of rotatable bonds is 6. The minimum atomic E-state index is -0.968. The van der Waals surface area contributed by atoms with Crippen molar-refractivity contribution in [2.24, 2.45) is 5.73 Å². The molecule has 0 rings (SSSR count). The zero-order valence-corrected chi connectivity index (χ0v) is 11.5. The molecule has 6 nitrogen and oxygen atoms in total. The van der Waals surface area contributed by atoms with Crippen LogP contribution in [0, 0.1) is 0 Å². The maximum Gasteiger partial charge on any atom is 0.317 e. The lowest BCUT2D eigenvalue weighted by Gasteiger charge is -1.93. The average Bonchev–Trinajstić information content (AvgIpc) is 2.37. The molecule has 3 N–H and O–H groups in total. The topological polar surface area (TPSA) is 115 Å². The minimum Gasteiger partial charge on any atom is -0.480 e. The van der Waals surface area contributed by atoms with Gasteiger partial charge in [0.05, 0.1) is 6.54 Å². The van der Waals surface area contributed by atoms with Crippen LogP contribution in [0.4, 0.5) is 0 Å². The van der Waals surface area contributed by atoms with Crippen LogP contribution >= 0.6 is 0 Å². The second-order valence-electron chi connectivity index (χ2n) is 3.01. The molecule has 0 aliphatic rings. The van der Waals surface area contributed by atoms with Gasteiger partial charge in [0.25, 0.3) is 5.78 Å². The summed E-state index contributed by atoms with van der Waals surface area (Å²) >= 11 is 0. The first-order valence-corrected chi connectivity index (χ1v) is 5.86. The van der Waals surface area contributed by atoms with E-state index in [-0.39, 0.29) is 13.0 Å². The SMILES string of the molecule is CC.CCCCC(=O)C(=O)C(C)=O.NCC(=O)O. The van der Waals surface area contributed by atoms with Gasteiger partial charge >= 0.3 is 5.97 Å². The molecule has 106 valence electrons. The molecule has 0 aromatic rings. The van der Waals surface area contributed by atoms with Gasteiger partial charge < -0.3 is 10.8 Å². The van der Waals surface area contributed by atoms with Crippen LogP contribution in [-0.4, -0.2) is 35.0 Å². The lowest BCUT2D eigenvalue weighted by molar-refractivity contribution is -0.143. The van der Waals surface area contributed by atoms with Crippen molar-refractivity contribution in [1.29, 1.82) is 0 Å². The number of unbranched alkanes of at least 4 members (excludes halogenated alkanes) is 1. The van der Waals surface area contributed by atoms with E-state index in [0.717, 1.165) is 13.3 Å². The van der Waals surface area contributed by atoms with E-state index in [0.29, 0.717) is 6.42 Å². The fourth-order valence-electron chi connectivity index (χ4n) is 0.647. The molecule has 0 unspecified atom stereocenters. The van der Waals surface area contributed by atoms with Crippen molar-refractivity contribution in [2.45, 2.75) is 47.0 Å². The molecule has 0 amide bonds. The first-order chi connectivity index (χ1) is 8.36. The van der Waals surface area contributed by atoms with Gasteiger partial charge in [-0.3, -0.25) is 19.2 Å². The molecular weight excluding hydrogens is 238 g/mol. The molecule has 18 heavy (non-hydrogen) atoms. The lowest BCUT2D eigenvalue weighted by atomic mass is 10.1. The summed E-state index contributed by atoms with van der Waals surface area (Å²) in [4.78, 5) is 41.0. The van der Waals surface area contributed by atoms with Crippen molar-refractivity contribution in [3.63, 3.8) is 0 Å². The molecule has 0 saturated carbocycles. The number of aliphatic carboxylic acids is 1. The highest BCUT2D eigenvalue weighted by atomic mass is 16.4. The Morgan fingerprint density at radius 3 is 1.72 bits per heavy atom. The van der Waals surface area contributed by atoms with E-state index in [2.05, 4.69) is 5.73 Å². The normalized spacial score (nSPS) is 8.06. The summed E-state index contributed by atoms with van der Waals surface area (Å²) in [5.74, 6) is -3.05. The Morgan fingerprint density at radius 1 is 1.11 bits per heavy atom. The third kappa shape index (κ3) is 16.9. The Hall–Kier alpha value is -1.56. The van der Waals surface area contributed by atoms with Crippen molar-refractivity contribution in [3.05, 3.63) is 0 Å². The van der Waals surface area contributed by atoms with E-state index >= 15 is 0 Å². The number of ketones is 3. The van der Waals surface area contributed by atoms with Gasteiger partial charge in [-0.1, -0.05) is 27.2 Å².